The van der Waals surface area contributed by atoms with Crippen LogP contribution in [0.1, 0.15) is 242 Å². The number of amides is 1. The average Bonchev–Trinajstić information content (AvgIpc) is 3.17. The van der Waals surface area contributed by atoms with Crippen LogP contribution in [-0.4, -0.2) is 71.9 Å². The van der Waals surface area contributed by atoms with Gasteiger partial charge in [0.05, 0.1) is 12.2 Å². The minimum atomic E-state index is -0.948. The van der Waals surface area contributed by atoms with Crippen molar-refractivity contribution in [1.82, 2.24) is 5.32 Å². The Morgan fingerprint density at radius 2 is 0.917 bits per heavy atom. The van der Waals surface area contributed by atoms with Gasteiger partial charge in [0.25, 0.3) is 0 Å². The third-order valence-electron chi connectivity index (χ3n) is 10.5. The van der Waals surface area contributed by atoms with E-state index in [1.165, 1.54) is 140 Å². The molecule has 0 rings (SSSR count). The number of rotatable bonds is 40. The predicted molar refractivity (Wildman–Crippen MR) is 251 cm³/mol. The van der Waals surface area contributed by atoms with Crippen LogP contribution in [0.5, 0.6) is 0 Å². The van der Waals surface area contributed by atoms with Gasteiger partial charge in [-0.15, -0.1) is 0 Å². The molecular formula is C50H95NO8S. The molecule has 0 aliphatic heterocycles. The number of hydrogen-bond donors (Lipinski definition) is 1. The quantitative estimate of drug-likeness (QED) is 0.0365. The first-order chi connectivity index (χ1) is 28.6. The van der Waals surface area contributed by atoms with E-state index >= 15 is 0 Å². The predicted octanol–water partition coefficient (Wildman–Crippen LogP) is 13.4. The fourth-order valence-electron chi connectivity index (χ4n) is 6.83. The Hall–Kier alpha value is -1.81. The van der Waals surface area contributed by atoms with Crippen molar-refractivity contribution in [2.24, 2.45) is 5.92 Å². The monoisotopic (exact) mass is 870 g/mol. The molecule has 10 heteroatoms. The summed E-state index contributed by atoms with van der Waals surface area (Å²) >= 11 is 1.46. The lowest BCUT2D eigenvalue weighted by Crippen LogP contribution is -2.49. The van der Waals surface area contributed by atoms with E-state index in [0.717, 1.165) is 38.5 Å². The number of esters is 3. The van der Waals surface area contributed by atoms with Crippen molar-refractivity contribution in [3.63, 3.8) is 0 Å². The van der Waals surface area contributed by atoms with E-state index < -0.39 is 35.2 Å². The largest absolute Gasteiger partial charge is 0.462 e. The van der Waals surface area contributed by atoms with Crippen LogP contribution in [0.15, 0.2) is 0 Å². The number of hydrogen-bond acceptors (Lipinski definition) is 9. The van der Waals surface area contributed by atoms with Crippen molar-refractivity contribution in [2.45, 2.75) is 265 Å². The van der Waals surface area contributed by atoms with Gasteiger partial charge in [0.2, 0.25) is 5.91 Å². The topological polar surface area (TPSA) is 117 Å². The maximum Gasteiger partial charge on any atom is 0.331 e. The number of thioether (sulfide) groups is 1. The second kappa shape index (κ2) is 37.7. The Kier molecular flexibility index (Phi) is 36.6. The Labute approximate surface area is 373 Å². The van der Waals surface area contributed by atoms with Crippen LogP contribution >= 0.6 is 11.8 Å². The molecule has 60 heavy (non-hydrogen) atoms. The Morgan fingerprint density at radius 1 is 0.517 bits per heavy atom. The third kappa shape index (κ3) is 39.1. The van der Waals surface area contributed by atoms with Gasteiger partial charge in [0.1, 0.15) is 18.3 Å². The van der Waals surface area contributed by atoms with Gasteiger partial charge in [-0.1, -0.05) is 175 Å². The van der Waals surface area contributed by atoms with Gasteiger partial charge in [-0.2, -0.15) is 11.8 Å². The van der Waals surface area contributed by atoms with Crippen LogP contribution in [0.3, 0.4) is 0 Å². The van der Waals surface area contributed by atoms with E-state index in [4.69, 9.17) is 18.9 Å². The Bertz CT molecular complexity index is 1070. The summed E-state index contributed by atoms with van der Waals surface area (Å²) in [4.78, 5) is 51.8. The molecule has 0 aromatic rings. The zero-order valence-corrected chi connectivity index (χ0v) is 41.4. The maximum atomic E-state index is 13.2. The van der Waals surface area contributed by atoms with E-state index in [9.17, 15) is 19.2 Å². The normalized spacial score (nSPS) is 13.4. The summed E-state index contributed by atoms with van der Waals surface area (Å²) in [6.45, 7) is 17.3. The lowest BCUT2D eigenvalue weighted by molar-refractivity contribution is -0.162. The second-order valence-corrected chi connectivity index (χ2v) is 20.3. The van der Waals surface area contributed by atoms with E-state index in [2.05, 4.69) is 19.2 Å². The van der Waals surface area contributed by atoms with Crippen molar-refractivity contribution in [1.29, 1.82) is 0 Å². The van der Waals surface area contributed by atoms with Crippen LogP contribution in [0.2, 0.25) is 0 Å². The molecule has 354 valence electrons. The van der Waals surface area contributed by atoms with Crippen molar-refractivity contribution in [2.75, 3.05) is 24.7 Å². The highest BCUT2D eigenvalue weighted by Gasteiger charge is 2.30. The van der Waals surface area contributed by atoms with Crippen LogP contribution in [-0.2, 0) is 38.1 Å². The minimum Gasteiger partial charge on any atom is -0.462 e. The van der Waals surface area contributed by atoms with Gasteiger partial charge in [-0.25, -0.2) is 4.79 Å². The fourth-order valence-corrected chi connectivity index (χ4v) is 7.90. The van der Waals surface area contributed by atoms with E-state index in [0.29, 0.717) is 24.3 Å². The van der Waals surface area contributed by atoms with E-state index in [1.807, 2.05) is 20.8 Å². The maximum absolute atomic E-state index is 13.2. The third-order valence-corrected chi connectivity index (χ3v) is 11.9. The first-order valence-electron chi connectivity index (χ1n) is 24.7. The summed E-state index contributed by atoms with van der Waals surface area (Å²) in [6, 6.07) is -0.948. The van der Waals surface area contributed by atoms with Crippen LogP contribution in [0.25, 0.3) is 0 Å². The molecule has 3 atom stereocenters. The van der Waals surface area contributed by atoms with E-state index in [-0.39, 0.29) is 31.1 Å². The second-order valence-electron chi connectivity index (χ2n) is 19.2. The van der Waals surface area contributed by atoms with Gasteiger partial charge in [-0.3, -0.25) is 14.4 Å². The average molecular weight is 870 g/mol. The molecular weight excluding hydrogens is 775 g/mol. The van der Waals surface area contributed by atoms with Gasteiger partial charge < -0.3 is 24.3 Å². The number of carbonyl (C=O) groups is 4. The standard InChI is InChI=1S/C50H95NO8S/c1-10-12-14-16-18-20-22-24-26-28-30-32-34-36-45(52)56-38-43(58-46(53)37-35-33-31-29-27-25-23-21-19-17-15-13-11-2)41-60-40-42(3)47(54)51-44(39-57-49(4,5)6)48(55)59-50(7,8)9/h42-44H,10-41H2,1-9H3,(H,51,54)/t42-,43+,44-/m0/s1. The lowest BCUT2D eigenvalue weighted by Gasteiger charge is -2.28. The molecule has 0 saturated carbocycles. The van der Waals surface area contributed by atoms with Crippen LogP contribution in [0.4, 0.5) is 0 Å². The Balaban J connectivity index is 4.87. The van der Waals surface area contributed by atoms with Crippen molar-refractivity contribution in [3.8, 4) is 0 Å². The minimum absolute atomic E-state index is 0.0000587. The van der Waals surface area contributed by atoms with Crippen LogP contribution < -0.4 is 5.32 Å². The van der Waals surface area contributed by atoms with Crippen molar-refractivity contribution in [3.05, 3.63) is 0 Å². The number of nitrogens with one attached hydrogen (secondary N) is 1. The van der Waals surface area contributed by atoms with Crippen molar-refractivity contribution >= 4 is 35.6 Å². The molecule has 0 fully saturated rings. The molecule has 0 aliphatic carbocycles. The molecule has 1 N–H and O–H groups in total. The zero-order chi connectivity index (χ0) is 44.9. The SMILES string of the molecule is CCCCCCCCCCCCCCCC(=O)OC[C@H](CSC[C@H](C)C(=O)N[C@@H](COC(C)(C)C)C(=O)OC(C)(C)C)OC(=O)CCCCCCCCCCCCCCC. The molecule has 0 saturated heterocycles. The molecule has 1 amide bonds. The first-order valence-corrected chi connectivity index (χ1v) is 25.8. The van der Waals surface area contributed by atoms with Gasteiger partial charge in [-0.05, 0) is 54.4 Å². The number of carbonyl (C=O) groups excluding carboxylic acids is 4. The highest BCUT2D eigenvalue weighted by atomic mass is 32.2. The van der Waals surface area contributed by atoms with Gasteiger partial charge >= 0.3 is 17.9 Å². The highest BCUT2D eigenvalue weighted by Crippen LogP contribution is 2.18. The molecule has 0 aliphatic rings. The summed E-state index contributed by atoms with van der Waals surface area (Å²) in [5.41, 5.74) is -1.21. The highest BCUT2D eigenvalue weighted by molar-refractivity contribution is 7.99. The first kappa shape index (κ1) is 58.2. The van der Waals surface area contributed by atoms with Gasteiger partial charge in [0, 0.05) is 30.3 Å². The molecule has 9 nitrogen and oxygen atoms in total. The number of ether oxygens (including phenoxy) is 4. The van der Waals surface area contributed by atoms with Crippen molar-refractivity contribution < 1.29 is 38.1 Å². The smallest absolute Gasteiger partial charge is 0.331 e. The molecule has 0 aromatic carbocycles. The lowest BCUT2D eigenvalue weighted by atomic mass is 10.0. The molecule has 0 heterocycles. The summed E-state index contributed by atoms with van der Waals surface area (Å²) in [6.07, 6.45) is 32.3. The summed E-state index contributed by atoms with van der Waals surface area (Å²) in [7, 11) is 0. The zero-order valence-electron chi connectivity index (χ0n) is 40.5. The Morgan fingerprint density at radius 3 is 1.32 bits per heavy atom. The molecule has 0 unspecified atom stereocenters. The molecule has 0 spiro atoms. The number of unbranched alkanes of at least 4 members (excludes halogenated alkanes) is 24. The molecule has 0 aromatic heterocycles. The van der Waals surface area contributed by atoms with Gasteiger partial charge in [0.15, 0.2) is 6.04 Å². The molecule has 0 radical (unpaired) electrons. The fraction of sp³-hybridized carbons (Fsp3) is 0.920. The summed E-state index contributed by atoms with van der Waals surface area (Å²) in [5, 5.41) is 2.83. The summed E-state index contributed by atoms with van der Waals surface area (Å²) in [5.74, 6) is -1.02. The van der Waals surface area contributed by atoms with Crippen LogP contribution in [0, 0.1) is 5.92 Å². The van der Waals surface area contributed by atoms with E-state index in [1.54, 1.807) is 27.7 Å². The molecule has 0 bridgehead atoms. The summed E-state index contributed by atoms with van der Waals surface area (Å²) < 4.78 is 22.9.